The maximum atomic E-state index is 11.7. The molecule has 1 aliphatic heterocycles. The van der Waals surface area contributed by atoms with Crippen LogP contribution >= 0.6 is 0 Å². The lowest BCUT2D eigenvalue weighted by Gasteiger charge is -2.14. The summed E-state index contributed by atoms with van der Waals surface area (Å²) in [6, 6.07) is -0.915. The number of aromatic amines is 1. The van der Waals surface area contributed by atoms with Crippen LogP contribution in [0.15, 0.2) is 20.9 Å². The second kappa shape index (κ2) is 5.19. The molecule has 0 unspecified atom stereocenters. The Morgan fingerprint density at radius 3 is 2.95 bits per heavy atom. The van der Waals surface area contributed by atoms with Gasteiger partial charge in [0.1, 0.15) is 6.23 Å². The van der Waals surface area contributed by atoms with Gasteiger partial charge in [-0.05, 0) is 12.5 Å². The number of aromatic nitrogens is 2. The Balaban J connectivity index is 2.38. The number of azide groups is 1. The molecule has 0 saturated carbocycles. The molecule has 0 spiro atoms. The summed E-state index contributed by atoms with van der Waals surface area (Å²) in [5.41, 5.74) is 7.46. The lowest BCUT2D eigenvalue weighted by Crippen LogP contribution is -2.34. The van der Waals surface area contributed by atoms with Gasteiger partial charge in [0.2, 0.25) is 0 Å². The van der Waals surface area contributed by atoms with Crippen molar-refractivity contribution in [3.63, 3.8) is 0 Å². The third-order valence-electron chi connectivity index (χ3n) is 3.00. The van der Waals surface area contributed by atoms with Crippen molar-refractivity contribution >= 4 is 5.97 Å². The lowest BCUT2D eigenvalue weighted by molar-refractivity contribution is -0.152. The van der Waals surface area contributed by atoms with Gasteiger partial charge in [-0.1, -0.05) is 5.11 Å². The van der Waals surface area contributed by atoms with Gasteiger partial charge in [-0.3, -0.25) is 14.3 Å². The van der Waals surface area contributed by atoms with E-state index in [-0.39, 0.29) is 12.0 Å². The number of nitrogens with one attached hydrogen (secondary N) is 1. The van der Waals surface area contributed by atoms with Gasteiger partial charge in [-0.15, -0.1) is 0 Å². The molecule has 10 heteroatoms. The molecule has 0 aliphatic carbocycles. The Bertz CT molecular complexity index is 691. The number of hydrogen-bond donors (Lipinski definition) is 2. The molecule has 3 atom stereocenters. The van der Waals surface area contributed by atoms with E-state index < -0.39 is 35.6 Å². The Kier molecular flexibility index (Phi) is 3.59. The molecular formula is C10H11N5O5. The molecule has 2 heterocycles. The third kappa shape index (κ3) is 2.42. The van der Waals surface area contributed by atoms with E-state index in [1.807, 2.05) is 0 Å². The molecule has 10 nitrogen and oxygen atoms in total. The average molecular weight is 281 g/mol. The van der Waals surface area contributed by atoms with Crippen molar-refractivity contribution in [1.29, 1.82) is 0 Å². The third-order valence-corrected chi connectivity index (χ3v) is 3.00. The molecule has 106 valence electrons. The van der Waals surface area contributed by atoms with E-state index >= 15 is 0 Å². The zero-order valence-electron chi connectivity index (χ0n) is 10.4. The first-order valence-electron chi connectivity index (χ1n) is 5.68. The maximum Gasteiger partial charge on any atom is 0.333 e. The van der Waals surface area contributed by atoms with Crippen LogP contribution in [0.5, 0.6) is 0 Å². The molecule has 1 saturated heterocycles. The van der Waals surface area contributed by atoms with Crippen molar-refractivity contribution in [2.24, 2.45) is 5.11 Å². The number of carboxylic acid groups (broad SMARTS) is 1. The zero-order chi connectivity index (χ0) is 14.9. The van der Waals surface area contributed by atoms with E-state index in [1.165, 1.54) is 13.1 Å². The highest BCUT2D eigenvalue weighted by Crippen LogP contribution is 2.30. The molecule has 1 aromatic heterocycles. The van der Waals surface area contributed by atoms with Gasteiger partial charge in [-0.25, -0.2) is 9.59 Å². The summed E-state index contributed by atoms with van der Waals surface area (Å²) in [5.74, 6) is -1.28. The molecule has 20 heavy (non-hydrogen) atoms. The summed E-state index contributed by atoms with van der Waals surface area (Å²) in [7, 11) is 0. The van der Waals surface area contributed by atoms with Crippen LogP contribution in [0.3, 0.4) is 0 Å². The SMILES string of the molecule is Cc1cn([C@@H]2C[C@H](N=[N+]=[N-])[C@@H](C(=O)O)O2)c(=O)[nH]c1=O. The molecule has 0 radical (unpaired) electrons. The first kappa shape index (κ1) is 13.8. The standard InChI is InChI=1S/C10H11N5O5/c1-4-3-15(10(19)12-8(4)16)6-2-5(13-14-11)7(20-6)9(17)18/h3,5-7H,2H2,1H3,(H,17,18)(H,12,16,19)/t5-,6-,7-/m0/s1. The van der Waals surface area contributed by atoms with Crippen molar-refractivity contribution in [2.75, 3.05) is 0 Å². The lowest BCUT2D eigenvalue weighted by atomic mass is 10.1. The summed E-state index contributed by atoms with van der Waals surface area (Å²) < 4.78 is 6.31. The molecule has 2 N–H and O–H groups in total. The van der Waals surface area contributed by atoms with Crippen molar-refractivity contribution < 1.29 is 14.6 Å². The van der Waals surface area contributed by atoms with Gasteiger partial charge in [0, 0.05) is 23.1 Å². The van der Waals surface area contributed by atoms with Crippen molar-refractivity contribution in [3.8, 4) is 0 Å². The Morgan fingerprint density at radius 1 is 1.65 bits per heavy atom. The highest BCUT2D eigenvalue weighted by molar-refractivity contribution is 5.73. The molecule has 0 aromatic carbocycles. The quantitative estimate of drug-likeness (QED) is 0.450. The van der Waals surface area contributed by atoms with Crippen molar-refractivity contribution in [3.05, 3.63) is 43.0 Å². The normalized spacial score (nSPS) is 25.1. The van der Waals surface area contributed by atoms with Crippen LogP contribution in [0, 0.1) is 6.92 Å². The van der Waals surface area contributed by atoms with Crippen LogP contribution in [0.4, 0.5) is 0 Å². The molecule has 1 aliphatic rings. The molecule has 1 aromatic rings. The topological polar surface area (TPSA) is 150 Å². The van der Waals surface area contributed by atoms with Crippen LogP contribution in [0.25, 0.3) is 10.4 Å². The number of aryl methyl sites for hydroxylation is 1. The predicted molar refractivity (Wildman–Crippen MR) is 65.2 cm³/mol. The summed E-state index contributed by atoms with van der Waals surface area (Å²) in [4.78, 5) is 38.7. The summed E-state index contributed by atoms with van der Waals surface area (Å²) in [6.07, 6.45) is -0.917. The maximum absolute atomic E-state index is 11.7. The number of carbonyl (C=O) groups is 1. The van der Waals surface area contributed by atoms with Crippen LogP contribution in [-0.4, -0.2) is 32.8 Å². The van der Waals surface area contributed by atoms with E-state index in [0.717, 1.165) is 4.57 Å². The molecule has 2 rings (SSSR count). The van der Waals surface area contributed by atoms with Gasteiger partial charge < -0.3 is 9.84 Å². The van der Waals surface area contributed by atoms with Gasteiger partial charge in [0.25, 0.3) is 5.56 Å². The predicted octanol–water partition coefficient (Wildman–Crippen LogP) is -0.104. The Hall–Kier alpha value is -2.58. The largest absolute Gasteiger partial charge is 0.479 e. The Morgan fingerprint density at radius 2 is 2.35 bits per heavy atom. The van der Waals surface area contributed by atoms with E-state index in [2.05, 4.69) is 15.0 Å². The van der Waals surface area contributed by atoms with Gasteiger partial charge in [0.05, 0.1) is 6.04 Å². The van der Waals surface area contributed by atoms with Crippen LogP contribution in [0.2, 0.25) is 0 Å². The number of aliphatic carboxylic acids is 1. The first-order chi connectivity index (χ1) is 9.43. The second-order valence-corrected chi connectivity index (χ2v) is 4.34. The van der Waals surface area contributed by atoms with Gasteiger partial charge >= 0.3 is 11.7 Å². The van der Waals surface area contributed by atoms with Crippen molar-refractivity contribution in [2.45, 2.75) is 31.7 Å². The van der Waals surface area contributed by atoms with Gasteiger partial charge in [0.15, 0.2) is 6.10 Å². The number of H-pyrrole nitrogens is 1. The van der Waals surface area contributed by atoms with Gasteiger partial charge in [-0.2, -0.15) is 0 Å². The summed E-state index contributed by atoms with van der Waals surface area (Å²) >= 11 is 0. The fourth-order valence-electron chi connectivity index (χ4n) is 2.02. The average Bonchev–Trinajstić information content (AvgIpc) is 2.78. The molecular weight excluding hydrogens is 270 g/mol. The first-order valence-corrected chi connectivity index (χ1v) is 5.68. The summed E-state index contributed by atoms with van der Waals surface area (Å²) in [5, 5.41) is 12.3. The number of carboxylic acids is 1. The van der Waals surface area contributed by atoms with Crippen LogP contribution < -0.4 is 11.2 Å². The summed E-state index contributed by atoms with van der Waals surface area (Å²) in [6.45, 7) is 1.50. The Labute approximate surface area is 111 Å². The van der Waals surface area contributed by atoms with E-state index in [9.17, 15) is 14.4 Å². The second-order valence-electron chi connectivity index (χ2n) is 4.34. The smallest absolute Gasteiger partial charge is 0.333 e. The van der Waals surface area contributed by atoms with Crippen molar-refractivity contribution in [1.82, 2.24) is 9.55 Å². The monoisotopic (exact) mass is 281 g/mol. The number of hydrogen-bond acceptors (Lipinski definition) is 5. The van der Waals surface area contributed by atoms with E-state index in [0.29, 0.717) is 0 Å². The number of nitrogens with zero attached hydrogens (tertiary/aromatic N) is 4. The fourth-order valence-corrected chi connectivity index (χ4v) is 2.02. The molecule has 1 fully saturated rings. The fraction of sp³-hybridized carbons (Fsp3) is 0.500. The highest BCUT2D eigenvalue weighted by Gasteiger charge is 2.40. The minimum atomic E-state index is -1.32. The number of rotatable bonds is 3. The van der Waals surface area contributed by atoms with E-state index in [1.54, 1.807) is 0 Å². The minimum absolute atomic E-state index is 0.0341. The molecule has 0 amide bonds. The zero-order valence-corrected chi connectivity index (χ0v) is 10.4. The van der Waals surface area contributed by atoms with Crippen LogP contribution in [-0.2, 0) is 9.53 Å². The molecule has 0 bridgehead atoms. The minimum Gasteiger partial charge on any atom is -0.479 e. The van der Waals surface area contributed by atoms with E-state index in [4.69, 9.17) is 15.4 Å². The number of ether oxygens (including phenoxy) is 1. The van der Waals surface area contributed by atoms with Crippen LogP contribution in [0.1, 0.15) is 18.2 Å². The highest BCUT2D eigenvalue weighted by atomic mass is 16.5.